The van der Waals surface area contributed by atoms with Crippen LogP contribution < -0.4 is 5.32 Å². The Morgan fingerprint density at radius 1 is 1.53 bits per heavy atom. The van der Waals surface area contributed by atoms with E-state index in [0.29, 0.717) is 11.6 Å². The molecule has 2 rings (SSSR count). The third-order valence-electron chi connectivity index (χ3n) is 2.64. The van der Waals surface area contributed by atoms with Crippen LogP contribution in [-0.4, -0.2) is 16.3 Å². The molecule has 1 N–H and O–H groups in total. The van der Waals surface area contributed by atoms with Crippen molar-refractivity contribution in [1.29, 1.82) is 0 Å². The van der Waals surface area contributed by atoms with E-state index in [2.05, 4.69) is 17.3 Å². The second-order valence-electron chi connectivity index (χ2n) is 3.94. The lowest BCUT2D eigenvalue weighted by Crippen LogP contribution is -2.10. The molecule has 0 aliphatic heterocycles. The molecule has 0 saturated carbocycles. The van der Waals surface area contributed by atoms with Crippen molar-refractivity contribution >= 4 is 11.6 Å². The van der Waals surface area contributed by atoms with Crippen molar-refractivity contribution in [2.45, 2.75) is 26.9 Å². The van der Waals surface area contributed by atoms with E-state index in [4.69, 9.17) is 16.0 Å². The van der Waals surface area contributed by atoms with Crippen LogP contribution in [0.4, 0.5) is 0 Å². The molecular formula is C12H16ClN3O. The quantitative estimate of drug-likeness (QED) is 0.891. The largest absolute Gasteiger partial charge is 0.467 e. The molecule has 4 nitrogen and oxygen atoms in total. The average Bonchev–Trinajstić information content (AvgIpc) is 2.89. The molecule has 0 fully saturated rings. The van der Waals surface area contributed by atoms with Crippen molar-refractivity contribution in [2.24, 2.45) is 0 Å². The lowest BCUT2D eigenvalue weighted by molar-refractivity contribution is 0.475. The summed E-state index contributed by atoms with van der Waals surface area (Å²) in [6.45, 7) is 6.42. The van der Waals surface area contributed by atoms with Crippen LogP contribution in [-0.2, 0) is 13.1 Å². The Bertz CT molecular complexity index is 490. The maximum Gasteiger partial charge on any atom is 0.125 e. The van der Waals surface area contributed by atoms with Gasteiger partial charge in [-0.05, 0) is 19.5 Å². The zero-order valence-corrected chi connectivity index (χ0v) is 10.8. The van der Waals surface area contributed by atoms with Gasteiger partial charge in [-0.2, -0.15) is 5.10 Å². The molecule has 5 heteroatoms. The summed E-state index contributed by atoms with van der Waals surface area (Å²) in [6, 6.07) is 2.04. The van der Waals surface area contributed by atoms with Gasteiger partial charge in [0.2, 0.25) is 0 Å². The van der Waals surface area contributed by atoms with E-state index in [-0.39, 0.29) is 0 Å². The van der Waals surface area contributed by atoms with Crippen LogP contribution >= 0.6 is 11.6 Å². The van der Waals surface area contributed by atoms with Gasteiger partial charge in [0.05, 0.1) is 29.7 Å². The van der Waals surface area contributed by atoms with Gasteiger partial charge < -0.3 is 9.73 Å². The summed E-state index contributed by atoms with van der Waals surface area (Å²) < 4.78 is 7.32. The Labute approximate surface area is 106 Å². The van der Waals surface area contributed by atoms with Gasteiger partial charge in [-0.15, -0.1) is 0 Å². The van der Waals surface area contributed by atoms with E-state index < -0.39 is 0 Å². The second kappa shape index (κ2) is 5.38. The average molecular weight is 254 g/mol. The molecule has 0 aliphatic rings. The lowest BCUT2D eigenvalue weighted by atomic mass is 10.3. The van der Waals surface area contributed by atoms with Crippen molar-refractivity contribution in [3.63, 3.8) is 0 Å². The maximum atomic E-state index is 5.95. The molecule has 0 bridgehead atoms. The molecule has 2 heterocycles. The van der Waals surface area contributed by atoms with E-state index >= 15 is 0 Å². The van der Waals surface area contributed by atoms with Gasteiger partial charge in [-0.1, -0.05) is 18.5 Å². The molecule has 92 valence electrons. The highest BCUT2D eigenvalue weighted by Gasteiger charge is 2.07. The molecule has 0 saturated heterocycles. The number of nitrogens with zero attached hydrogens (tertiary/aromatic N) is 2. The first-order valence-electron chi connectivity index (χ1n) is 5.65. The topological polar surface area (TPSA) is 43.0 Å². The van der Waals surface area contributed by atoms with Crippen molar-refractivity contribution in [1.82, 2.24) is 15.1 Å². The van der Waals surface area contributed by atoms with Crippen molar-refractivity contribution in [2.75, 3.05) is 6.54 Å². The normalized spacial score (nSPS) is 11.0. The summed E-state index contributed by atoms with van der Waals surface area (Å²) in [5, 5.41) is 8.13. The smallest absolute Gasteiger partial charge is 0.125 e. The molecule has 0 spiro atoms. The number of aromatic nitrogens is 2. The maximum absolute atomic E-state index is 5.95. The Kier molecular flexibility index (Phi) is 3.86. The summed E-state index contributed by atoms with van der Waals surface area (Å²) >= 11 is 5.95. The highest BCUT2D eigenvalue weighted by atomic mass is 35.5. The van der Waals surface area contributed by atoms with Crippen molar-refractivity contribution < 1.29 is 4.42 Å². The van der Waals surface area contributed by atoms with Crippen LogP contribution in [0.3, 0.4) is 0 Å². The van der Waals surface area contributed by atoms with Crippen LogP contribution in [0.1, 0.15) is 23.9 Å². The van der Waals surface area contributed by atoms with E-state index in [1.165, 1.54) is 0 Å². The molecule has 0 amide bonds. The molecular weight excluding hydrogens is 238 g/mol. The molecule has 0 aromatic carbocycles. The fraction of sp³-hybridized carbons (Fsp3) is 0.417. The predicted octanol–water partition coefficient (Wildman–Crippen LogP) is 2.60. The van der Waals surface area contributed by atoms with Crippen LogP contribution in [0, 0.1) is 6.92 Å². The summed E-state index contributed by atoms with van der Waals surface area (Å²) in [7, 11) is 0. The Hall–Kier alpha value is -1.26. The van der Waals surface area contributed by atoms with Crippen molar-refractivity contribution in [3.8, 4) is 0 Å². The molecule has 17 heavy (non-hydrogen) atoms. The van der Waals surface area contributed by atoms with E-state index in [0.717, 1.165) is 30.1 Å². The van der Waals surface area contributed by atoms with Crippen LogP contribution in [0.15, 0.2) is 22.9 Å². The van der Waals surface area contributed by atoms with Crippen LogP contribution in [0.5, 0.6) is 0 Å². The molecule has 2 aromatic heterocycles. The third kappa shape index (κ3) is 2.90. The summed E-state index contributed by atoms with van der Waals surface area (Å²) in [6.07, 6.45) is 3.43. The Morgan fingerprint density at radius 3 is 3.00 bits per heavy atom. The SMILES string of the molecule is CCNCc1coc(Cn2ncc(Cl)c2C)c1. The zero-order valence-electron chi connectivity index (χ0n) is 10.0. The van der Waals surface area contributed by atoms with Gasteiger partial charge >= 0.3 is 0 Å². The highest BCUT2D eigenvalue weighted by molar-refractivity contribution is 6.31. The zero-order chi connectivity index (χ0) is 12.3. The van der Waals surface area contributed by atoms with Crippen LogP contribution in [0.2, 0.25) is 5.02 Å². The van der Waals surface area contributed by atoms with Crippen molar-refractivity contribution in [3.05, 3.63) is 40.6 Å². The molecule has 0 aliphatic carbocycles. The first-order valence-corrected chi connectivity index (χ1v) is 6.03. The minimum Gasteiger partial charge on any atom is -0.467 e. The van der Waals surface area contributed by atoms with E-state index in [1.807, 2.05) is 17.7 Å². The Morgan fingerprint density at radius 2 is 2.35 bits per heavy atom. The van der Waals surface area contributed by atoms with Gasteiger partial charge in [-0.25, -0.2) is 0 Å². The number of nitrogens with one attached hydrogen (secondary N) is 1. The van der Waals surface area contributed by atoms with Gasteiger partial charge in [0, 0.05) is 12.1 Å². The second-order valence-corrected chi connectivity index (χ2v) is 4.34. The predicted molar refractivity (Wildman–Crippen MR) is 67.2 cm³/mol. The molecule has 0 atom stereocenters. The van der Waals surface area contributed by atoms with Crippen LogP contribution in [0.25, 0.3) is 0 Å². The highest BCUT2D eigenvalue weighted by Crippen LogP contribution is 2.16. The third-order valence-corrected chi connectivity index (χ3v) is 3.01. The first kappa shape index (κ1) is 12.2. The summed E-state index contributed by atoms with van der Waals surface area (Å²) in [5.74, 6) is 0.890. The molecule has 2 aromatic rings. The lowest BCUT2D eigenvalue weighted by Gasteiger charge is -2.00. The van der Waals surface area contributed by atoms with Gasteiger partial charge in [-0.3, -0.25) is 4.68 Å². The van der Waals surface area contributed by atoms with E-state index in [9.17, 15) is 0 Å². The van der Waals surface area contributed by atoms with Gasteiger partial charge in [0.1, 0.15) is 5.76 Å². The fourth-order valence-corrected chi connectivity index (χ4v) is 1.74. The molecule has 0 unspecified atom stereocenters. The number of rotatable bonds is 5. The summed E-state index contributed by atoms with van der Waals surface area (Å²) in [4.78, 5) is 0. The first-order chi connectivity index (χ1) is 8.20. The summed E-state index contributed by atoms with van der Waals surface area (Å²) in [5.41, 5.74) is 2.11. The molecule has 0 radical (unpaired) electrons. The number of hydrogen-bond donors (Lipinski definition) is 1. The van der Waals surface area contributed by atoms with E-state index in [1.54, 1.807) is 12.5 Å². The standard InChI is InChI=1S/C12H16ClN3O/c1-3-14-5-10-4-11(17-8-10)7-16-9(2)12(13)6-15-16/h4,6,8,14H,3,5,7H2,1-2H3. The monoisotopic (exact) mass is 253 g/mol. The van der Waals surface area contributed by atoms with Gasteiger partial charge in [0.25, 0.3) is 0 Å². The number of furan rings is 1. The van der Waals surface area contributed by atoms with Gasteiger partial charge in [0.15, 0.2) is 0 Å². The minimum absolute atomic E-state index is 0.616. The minimum atomic E-state index is 0.616. The Balaban J connectivity index is 2.04. The number of hydrogen-bond acceptors (Lipinski definition) is 3. The fourth-order valence-electron chi connectivity index (χ4n) is 1.60. The number of halogens is 1.